The second-order valence-corrected chi connectivity index (χ2v) is 6.79. The van der Waals surface area contributed by atoms with Crippen molar-refractivity contribution in [2.45, 2.75) is 58.7 Å². The minimum Gasteiger partial charge on any atom is -0.347 e. The number of nitrogens with zero attached hydrogens (tertiary/aromatic N) is 2. The van der Waals surface area contributed by atoms with Crippen LogP contribution < -0.4 is 10.6 Å². The zero-order chi connectivity index (χ0) is 18.5. The molecule has 2 N–H and O–H groups in total. The van der Waals surface area contributed by atoms with Crippen LogP contribution in [0.3, 0.4) is 0 Å². The monoisotopic (exact) mass is 354 g/mol. The highest BCUT2D eigenvalue weighted by atomic mass is 16.2. The number of rotatable bonds is 6. The molecule has 0 fully saturated rings. The van der Waals surface area contributed by atoms with Crippen LogP contribution in [0.2, 0.25) is 0 Å². The van der Waals surface area contributed by atoms with Gasteiger partial charge in [-0.3, -0.25) is 9.59 Å². The van der Waals surface area contributed by atoms with E-state index in [2.05, 4.69) is 15.6 Å². The van der Waals surface area contributed by atoms with Crippen LogP contribution in [0.25, 0.3) is 0 Å². The summed E-state index contributed by atoms with van der Waals surface area (Å²) in [4.78, 5) is 29.7. The largest absolute Gasteiger partial charge is 0.347 e. The molecule has 1 aromatic heterocycles. The highest BCUT2D eigenvalue weighted by Crippen LogP contribution is 2.21. The highest BCUT2D eigenvalue weighted by molar-refractivity contribution is 5.97. The number of fused-ring (bicyclic) bond motifs is 1. The molecule has 0 radical (unpaired) electrons. The van der Waals surface area contributed by atoms with Gasteiger partial charge < -0.3 is 15.2 Å². The van der Waals surface area contributed by atoms with E-state index >= 15 is 0 Å². The molecule has 6 nitrogen and oxygen atoms in total. The molecular formula is C20H26N4O2. The average molecular weight is 354 g/mol. The van der Waals surface area contributed by atoms with Crippen LogP contribution in [-0.2, 0) is 19.5 Å². The lowest BCUT2D eigenvalue weighted by Crippen LogP contribution is -2.34. The van der Waals surface area contributed by atoms with E-state index in [-0.39, 0.29) is 17.9 Å². The minimum absolute atomic E-state index is 0.0781. The smallest absolute Gasteiger partial charge is 0.287 e. The van der Waals surface area contributed by atoms with E-state index in [1.165, 1.54) is 0 Å². The van der Waals surface area contributed by atoms with Gasteiger partial charge in [0.25, 0.3) is 11.8 Å². The van der Waals surface area contributed by atoms with Crippen LogP contribution in [0.1, 0.15) is 65.5 Å². The number of amides is 2. The van der Waals surface area contributed by atoms with E-state index in [1.54, 1.807) is 0 Å². The first-order valence-electron chi connectivity index (χ1n) is 9.32. The van der Waals surface area contributed by atoms with E-state index < -0.39 is 0 Å². The number of benzene rings is 1. The van der Waals surface area contributed by atoms with Gasteiger partial charge in [0.1, 0.15) is 5.69 Å². The lowest BCUT2D eigenvalue weighted by Gasteiger charge is -2.18. The molecule has 3 rings (SSSR count). The van der Waals surface area contributed by atoms with Crippen LogP contribution in [0.5, 0.6) is 0 Å². The van der Waals surface area contributed by atoms with Crippen molar-refractivity contribution >= 4 is 11.8 Å². The number of aromatic nitrogens is 2. The molecule has 2 heterocycles. The van der Waals surface area contributed by atoms with Crippen molar-refractivity contribution in [3.8, 4) is 0 Å². The predicted octanol–water partition coefficient (Wildman–Crippen LogP) is 2.68. The third kappa shape index (κ3) is 3.95. The Morgan fingerprint density at radius 2 is 1.96 bits per heavy atom. The molecule has 0 aliphatic carbocycles. The van der Waals surface area contributed by atoms with Crippen molar-refractivity contribution in [1.82, 2.24) is 20.2 Å². The number of hydrogen-bond donors (Lipinski definition) is 2. The Kier molecular flexibility index (Phi) is 5.71. The van der Waals surface area contributed by atoms with E-state index in [9.17, 15) is 9.59 Å². The second kappa shape index (κ2) is 8.17. The van der Waals surface area contributed by atoms with Crippen molar-refractivity contribution < 1.29 is 9.59 Å². The predicted molar refractivity (Wildman–Crippen MR) is 100.0 cm³/mol. The summed E-state index contributed by atoms with van der Waals surface area (Å²) in [6, 6.07) is 9.84. The molecule has 6 heteroatoms. The summed E-state index contributed by atoms with van der Waals surface area (Å²) in [5.41, 5.74) is 2.29. The van der Waals surface area contributed by atoms with Gasteiger partial charge in [0.15, 0.2) is 5.82 Å². The lowest BCUT2D eigenvalue weighted by molar-refractivity contribution is 0.0923. The summed E-state index contributed by atoms with van der Waals surface area (Å²) < 4.78 is 1.92. The molecule has 0 saturated heterocycles. The van der Waals surface area contributed by atoms with E-state index in [0.717, 1.165) is 43.5 Å². The van der Waals surface area contributed by atoms with Gasteiger partial charge in [-0.1, -0.05) is 37.3 Å². The zero-order valence-electron chi connectivity index (χ0n) is 15.4. The molecule has 1 aromatic carbocycles. The maximum Gasteiger partial charge on any atom is 0.287 e. The van der Waals surface area contributed by atoms with Crippen LogP contribution in [0.15, 0.2) is 30.3 Å². The summed E-state index contributed by atoms with van der Waals surface area (Å²) in [5.74, 6) is -0.0726. The third-order valence-electron chi connectivity index (χ3n) is 4.82. The fourth-order valence-electron chi connectivity index (χ4n) is 3.15. The Morgan fingerprint density at radius 3 is 2.69 bits per heavy atom. The molecule has 0 spiro atoms. The Labute approximate surface area is 154 Å². The van der Waals surface area contributed by atoms with Crippen molar-refractivity contribution in [2.24, 2.45) is 0 Å². The maximum atomic E-state index is 12.7. The number of nitrogens with one attached hydrogen (secondary N) is 2. The Hall–Kier alpha value is -2.63. The second-order valence-electron chi connectivity index (χ2n) is 6.79. The summed E-state index contributed by atoms with van der Waals surface area (Å²) in [6.45, 7) is 5.16. The molecule has 2 aromatic rings. The molecule has 1 atom stereocenters. The summed E-state index contributed by atoms with van der Waals surface area (Å²) in [7, 11) is 0. The van der Waals surface area contributed by atoms with Gasteiger partial charge in [-0.25, -0.2) is 4.98 Å². The molecule has 1 aliphatic heterocycles. The van der Waals surface area contributed by atoms with Gasteiger partial charge in [-0.15, -0.1) is 0 Å². The zero-order valence-corrected chi connectivity index (χ0v) is 15.4. The number of hydrogen-bond acceptors (Lipinski definition) is 3. The SMILES string of the molecule is CCC(C)NC(=O)c1nc(C(=O)NCc2ccccc2)c2n1CCCC2. The molecule has 1 aliphatic rings. The van der Waals surface area contributed by atoms with Gasteiger partial charge in [0.2, 0.25) is 0 Å². The number of imidazole rings is 1. The van der Waals surface area contributed by atoms with E-state index in [0.29, 0.717) is 18.1 Å². The van der Waals surface area contributed by atoms with E-state index in [1.807, 2.05) is 48.7 Å². The molecule has 0 saturated carbocycles. The van der Waals surface area contributed by atoms with Gasteiger partial charge in [0, 0.05) is 19.1 Å². The molecule has 1 unspecified atom stereocenters. The summed E-state index contributed by atoms with van der Waals surface area (Å²) >= 11 is 0. The van der Waals surface area contributed by atoms with Crippen molar-refractivity contribution in [1.29, 1.82) is 0 Å². The van der Waals surface area contributed by atoms with Crippen molar-refractivity contribution in [2.75, 3.05) is 0 Å². The number of carbonyl (C=O) groups is 2. The maximum absolute atomic E-state index is 12.7. The van der Waals surface area contributed by atoms with Gasteiger partial charge in [-0.05, 0) is 38.2 Å². The molecule has 2 amide bonds. The fourth-order valence-corrected chi connectivity index (χ4v) is 3.15. The lowest BCUT2D eigenvalue weighted by atomic mass is 10.1. The average Bonchev–Trinajstić information content (AvgIpc) is 3.06. The molecule has 138 valence electrons. The normalized spacial score (nSPS) is 14.4. The summed E-state index contributed by atoms with van der Waals surface area (Å²) in [5, 5.41) is 5.88. The van der Waals surface area contributed by atoms with Gasteiger partial charge >= 0.3 is 0 Å². The molecule has 26 heavy (non-hydrogen) atoms. The van der Waals surface area contributed by atoms with Crippen molar-refractivity contribution in [3.05, 3.63) is 53.1 Å². The third-order valence-corrected chi connectivity index (χ3v) is 4.82. The standard InChI is InChI=1S/C20H26N4O2/c1-3-14(2)22-20(26)18-23-17(16-11-7-8-12-24(16)18)19(25)21-13-15-9-5-4-6-10-15/h4-6,9-10,14H,3,7-8,11-13H2,1-2H3,(H,21,25)(H,22,26). The van der Waals surface area contributed by atoms with Crippen LogP contribution >= 0.6 is 0 Å². The molecular weight excluding hydrogens is 328 g/mol. The van der Waals surface area contributed by atoms with E-state index in [4.69, 9.17) is 0 Å². The van der Waals surface area contributed by atoms with Gasteiger partial charge in [-0.2, -0.15) is 0 Å². The summed E-state index contributed by atoms with van der Waals surface area (Å²) in [6.07, 6.45) is 3.64. The first-order valence-corrected chi connectivity index (χ1v) is 9.32. The number of carbonyl (C=O) groups excluding carboxylic acids is 2. The van der Waals surface area contributed by atoms with Gasteiger partial charge in [0.05, 0.1) is 5.69 Å². The van der Waals surface area contributed by atoms with Crippen LogP contribution in [0.4, 0.5) is 0 Å². The quantitative estimate of drug-likeness (QED) is 0.837. The molecule has 0 bridgehead atoms. The van der Waals surface area contributed by atoms with Crippen LogP contribution in [-0.4, -0.2) is 27.4 Å². The fraction of sp³-hybridized carbons (Fsp3) is 0.450. The highest BCUT2D eigenvalue weighted by Gasteiger charge is 2.27. The first kappa shape index (κ1) is 18.2. The minimum atomic E-state index is -0.220. The topological polar surface area (TPSA) is 76.0 Å². The van der Waals surface area contributed by atoms with Crippen molar-refractivity contribution in [3.63, 3.8) is 0 Å². The Balaban J connectivity index is 1.80. The van der Waals surface area contributed by atoms with Crippen LogP contribution in [0, 0.1) is 0 Å². The Bertz CT molecular complexity index is 783. The Morgan fingerprint density at radius 1 is 1.19 bits per heavy atom. The first-order chi connectivity index (χ1) is 12.6.